The van der Waals surface area contributed by atoms with Gasteiger partial charge in [0.2, 0.25) is 5.91 Å². The molecule has 2 N–H and O–H groups in total. The van der Waals surface area contributed by atoms with E-state index in [-0.39, 0.29) is 11.9 Å². The van der Waals surface area contributed by atoms with Crippen molar-refractivity contribution in [2.24, 2.45) is 0 Å². The summed E-state index contributed by atoms with van der Waals surface area (Å²) >= 11 is 0. The Labute approximate surface area is 133 Å². The quantitative estimate of drug-likeness (QED) is 0.754. The minimum atomic E-state index is 0.160. The van der Waals surface area contributed by atoms with Crippen LogP contribution in [0.5, 0.6) is 5.75 Å². The highest BCUT2D eigenvalue weighted by Crippen LogP contribution is 2.24. The van der Waals surface area contributed by atoms with Crippen molar-refractivity contribution < 1.29 is 9.53 Å². The molecule has 0 spiro atoms. The second-order valence-corrected chi connectivity index (χ2v) is 5.76. The lowest BCUT2D eigenvalue weighted by atomic mass is 10.0. The van der Waals surface area contributed by atoms with Crippen LogP contribution in [0.3, 0.4) is 0 Å². The third kappa shape index (κ3) is 4.91. The van der Waals surface area contributed by atoms with Crippen molar-refractivity contribution in [1.29, 1.82) is 0 Å². The number of amides is 1. The molecule has 1 atom stereocenters. The van der Waals surface area contributed by atoms with Gasteiger partial charge in [-0.25, -0.2) is 0 Å². The molecule has 0 bridgehead atoms. The highest BCUT2D eigenvalue weighted by Gasteiger charge is 2.21. The van der Waals surface area contributed by atoms with E-state index in [9.17, 15) is 4.79 Å². The molecule has 1 fully saturated rings. The first-order valence-corrected chi connectivity index (χ1v) is 8.06. The number of ether oxygens (including phenoxy) is 1. The molecule has 1 aliphatic heterocycles. The lowest BCUT2D eigenvalue weighted by Crippen LogP contribution is -2.47. The predicted octanol–water partition coefficient (Wildman–Crippen LogP) is 1.78. The third-order valence-electron chi connectivity index (χ3n) is 4.04. The van der Waals surface area contributed by atoms with Crippen LogP contribution in [-0.2, 0) is 4.79 Å². The predicted molar refractivity (Wildman–Crippen MR) is 89.5 cm³/mol. The first-order chi connectivity index (χ1) is 10.7. The number of nitrogens with zero attached hydrogens (tertiary/aromatic N) is 1. The molecule has 1 amide bonds. The standard InChI is InChI=1S/C17H27N3O2/c1-18-10-4-9-17(21)19-14-6-5-11-20(13-14)15-7-3-8-16(12-15)22-2/h3,7-8,12,14,18H,4-6,9-11,13H2,1-2H3,(H,19,21). The fraction of sp³-hybridized carbons (Fsp3) is 0.588. The third-order valence-corrected chi connectivity index (χ3v) is 4.04. The maximum atomic E-state index is 12.0. The van der Waals surface area contributed by atoms with Crippen LogP contribution in [0.2, 0.25) is 0 Å². The van der Waals surface area contributed by atoms with Gasteiger partial charge in [0.15, 0.2) is 0 Å². The molecule has 0 saturated carbocycles. The zero-order valence-corrected chi connectivity index (χ0v) is 13.6. The molecule has 1 aliphatic rings. The summed E-state index contributed by atoms with van der Waals surface area (Å²) in [5.41, 5.74) is 1.16. The normalized spacial score (nSPS) is 18.1. The van der Waals surface area contributed by atoms with Crippen LogP contribution < -0.4 is 20.3 Å². The van der Waals surface area contributed by atoms with Crippen LogP contribution in [0.4, 0.5) is 5.69 Å². The highest BCUT2D eigenvalue weighted by atomic mass is 16.5. The number of rotatable bonds is 7. The number of carbonyl (C=O) groups excluding carboxylic acids is 1. The van der Waals surface area contributed by atoms with Gasteiger partial charge < -0.3 is 20.3 Å². The van der Waals surface area contributed by atoms with E-state index in [2.05, 4.69) is 27.7 Å². The summed E-state index contributed by atoms with van der Waals surface area (Å²) in [6.45, 7) is 2.78. The Morgan fingerprint density at radius 2 is 2.32 bits per heavy atom. The molecule has 5 nitrogen and oxygen atoms in total. The summed E-state index contributed by atoms with van der Waals surface area (Å²) in [6, 6.07) is 8.35. The molecule has 1 aromatic rings. The molecule has 1 aromatic carbocycles. The zero-order valence-electron chi connectivity index (χ0n) is 13.6. The van der Waals surface area contributed by atoms with Crippen molar-refractivity contribution in [3.8, 4) is 5.75 Å². The van der Waals surface area contributed by atoms with E-state index >= 15 is 0 Å². The zero-order chi connectivity index (χ0) is 15.8. The SMILES string of the molecule is CNCCCC(=O)NC1CCCN(c2cccc(OC)c2)C1. The second kappa shape index (κ2) is 8.63. The Hall–Kier alpha value is -1.75. The number of anilines is 1. The molecule has 1 heterocycles. The van der Waals surface area contributed by atoms with E-state index in [1.807, 2.05) is 19.2 Å². The van der Waals surface area contributed by atoms with E-state index in [1.165, 1.54) is 0 Å². The van der Waals surface area contributed by atoms with Gasteiger partial charge in [0, 0.05) is 37.3 Å². The molecule has 5 heteroatoms. The van der Waals surface area contributed by atoms with Crippen molar-refractivity contribution in [1.82, 2.24) is 10.6 Å². The number of carbonyl (C=O) groups is 1. The van der Waals surface area contributed by atoms with Gasteiger partial charge in [0.1, 0.15) is 5.75 Å². The summed E-state index contributed by atoms with van der Waals surface area (Å²) in [5, 5.41) is 6.23. The van der Waals surface area contributed by atoms with Gasteiger partial charge in [-0.2, -0.15) is 0 Å². The number of hydrogen-bond acceptors (Lipinski definition) is 4. The van der Waals surface area contributed by atoms with Gasteiger partial charge in [-0.05, 0) is 45.0 Å². The number of methoxy groups -OCH3 is 1. The van der Waals surface area contributed by atoms with E-state index in [0.717, 1.165) is 50.3 Å². The van der Waals surface area contributed by atoms with Crippen molar-refractivity contribution in [2.45, 2.75) is 31.7 Å². The minimum absolute atomic E-state index is 0.160. The monoisotopic (exact) mass is 305 g/mol. The molecule has 122 valence electrons. The highest BCUT2D eigenvalue weighted by molar-refractivity contribution is 5.76. The average molecular weight is 305 g/mol. The van der Waals surface area contributed by atoms with Crippen LogP contribution in [0.25, 0.3) is 0 Å². The largest absolute Gasteiger partial charge is 0.497 e. The Balaban J connectivity index is 1.87. The Bertz CT molecular complexity index is 479. The first kappa shape index (κ1) is 16.6. The van der Waals surface area contributed by atoms with Crippen molar-refractivity contribution in [2.75, 3.05) is 38.7 Å². The Morgan fingerprint density at radius 1 is 1.45 bits per heavy atom. The molecule has 2 rings (SSSR count). The number of nitrogens with one attached hydrogen (secondary N) is 2. The van der Waals surface area contributed by atoms with Gasteiger partial charge in [-0.15, -0.1) is 0 Å². The van der Waals surface area contributed by atoms with Crippen molar-refractivity contribution in [3.63, 3.8) is 0 Å². The summed E-state index contributed by atoms with van der Waals surface area (Å²) in [7, 11) is 3.59. The van der Waals surface area contributed by atoms with Gasteiger partial charge in [-0.1, -0.05) is 6.07 Å². The topological polar surface area (TPSA) is 53.6 Å². The lowest BCUT2D eigenvalue weighted by molar-refractivity contribution is -0.121. The van der Waals surface area contributed by atoms with E-state index in [0.29, 0.717) is 6.42 Å². The number of piperidine rings is 1. The molecule has 0 aromatic heterocycles. The summed E-state index contributed by atoms with van der Waals surface area (Å²) in [6.07, 6.45) is 3.63. The first-order valence-electron chi connectivity index (χ1n) is 8.06. The van der Waals surface area contributed by atoms with Crippen LogP contribution in [0, 0.1) is 0 Å². The van der Waals surface area contributed by atoms with Gasteiger partial charge in [0.25, 0.3) is 0 Å². The second-order valence-electron chi connectivity index (χ2n) is 5.76. The maximum Gasteiger partial charge on any atom is 0.220 e. The van der Waals surface area contributed by atoms with Gasteiger partial charge >= 0.3 is 0 Å². The summed E-state index contributed by atoms with van der Waals surface area (Å²) < 4.78 is 5.29. The van der Waals surface area contributed by atoms with Crippen molar-refractivity contribution >= 4 is 11.6 Å². The Morgan fingerprint density at radius 3 is 3.09 bits per heavy atom. The molecular weight excluding hydrogens is 278 g/mol. The smallest absolute Gasteiger partial charge is 0.220 e. The number of benzene rings is 1. The van der Waals surface area contributed by atoms with Gasteiger partial charge in [-0.3, -0.25) is 4.79 Å². The lowest BCUT2D eigenvalue weighted by Gasteiger charge is -2.35. The Kier molecular flexibility index (Phi) is 6.52. The molecule has 1 unspecified atom stereocenters. The fourth-order valence-corrected chi connectivity index (χ4v) is 2.86. The van der Waals surface area contributed by atoms with E-state index < -0.39 is 0 Å². The minimum Gasteiger partial charge on any atom is -0.497 e. The summed E-state index contributed by atoms with van der Waals surface area (Å²) in [4.78, 5) is 14.3. The maximum absolute atomic E-state index is 12.0. The van der Waals surface area contributed by atoms with E-state index in [4.69, 9.17) is 4.74 Å². The molecular formula is C17H27N3O2. The average Bonchev–Trinajstić information content (AvgIpc) is 2.55. The van der Waals surface area contributed by atoms with E-state index in [1.54, 1.807) is 7.11 Å². The fourth-order valence-electron chi connectivity index (χ4n) is 2.86. The summed E-state index contributed by atoms with van der Waals surface area (Å²) in [5.74, 6) is 1.03. The molecule has 0 aliphatic carbocycles. The van der Waals surface area contributed by atoms with Gasteiger partial charge in [0.05, 0.1) is 7.11 Å². The van der Waals surface area contributed by atoms with Crippen LogP contribution in [0.15, 0.2) is 24.3 Å². The molecule has 1 saturated heterocycles. The molecule has 22 heavy (non-hydrogen) atoms. The van der Waals surface area contributed by atoms with Crippen LogP contribution >= 0.6 is 0 Å². The van der Waals surface area contributed by atoms with Crippen molar-refractivity contribution in [3.05, 3.63) is 24.3 Å². The number of hydrogen-bond donors (Lipinski definition) is 2. The molecule has 0 radical (unpaired) electrons. The van der Waals surface area contributed by atoms with Crippen LogP contribution in [-0.4, -0.2) is 45.7 Å². The van der Waals surface area contributed by atoms with Crippen LogP contribution in [0.1, 0.15) is 25.7 Å².